The molecule has 0 amide bonds. The van der Waals surface area contributed by atoms with E-state index in [4.69, 9.17) is 0 Å². The summed E-state index contributed by atoms with van der Waals surface area (Å²) in [5.41, 5.74) is 0.175. The van der Waals surface area contributed by atoms with E-state index in [2.05, 4.69) is 43.1 Å². The van der Waals surface area contributed by atoms with Gasteiger partial charge in [0.05, 0.1) is 5.41 Å². The Hall–Kier alpha value is -0.930. The molecule has 13 heavy (non-hydrogen) atoms. The Kier molecular flexibility index (Phi) is 1.54. The Labute approximate surface area is 78.3 Å². The third-order valence-corrected chi connectivity index (χ3v) is 2.99. The minimum atomic E-state index is 0.0442. The van der Waals surface area contributed by atoms with Crippen molar-refractivity contribution < 1.29 is 4.80 Å². The van der Waals surface area contributed by atoms with E-state index in [9.17, 15) is 0 Å². The van der Waals surface area contributed by atoms with Crippen LogP contribution in [0.15, 0.2) is 0 Å². The van der Waals surface area contributed by atoms with Crippen molar-refractivity contribution in [2.45, 2.75) is 51.5 Å². The lowest BCUT2D eigenvalue weighted by Gasteiger charge is -2.21. The summed E-state index contributed by atoms with van der Waals surface area (Å²) in [5.74, 6) is 0.998. The number of aromatic nitrogens is 4. The molecule has 1 aromatic rings. The number of H-pyrrole nitrogens is 1. The molecule has 72 valence electrons. The number of aromatic amines is 1. The Morgan fingerprint density at radius 1 is 1.23 bits per heavy atom. The van der Waals surface area contributed by atoms with Gasteiger partial charge in [-0.3, -0.25) is 0 Å². The average Bonchev–Trinajstić information content (AvgIpc) is 2.47. The average molecular weight is 181 g/mol. The van der Waals surface area contributed by atoms with Crippen molar-refractivity contribution in [2.24, 2.45) is 0 Å². The zero-order valence-electron chi connectivity index (χ0n) is 8.76. The molecule has 4 nitrogen and oxygen atoms in total. The van der Waals surface area contributed by atoms with E-state index in [0.29, 0.717) is 0 Å². The van der Waals surface area contributed by atoms with Crippen LogP contribution in [0, 0.1) is 0 Å². The topological polar surface area (TPSA) is 45.5 Å². The zero-order chi connectivity index (χ0) is 9.69. The number of nitrogens with zero attached hydrogens (tertiary/aromatic N) is 3. The lowest BCUT2D eigenvalue weighted by molar-refractivity contribution is -0.856. The Morgan fingerprint density at radius 2 is 1.92 bits per heavy atom. The number of hydrogen-bond acceptors (Lipinski definition) is 2. The normalized spacial score (nSPS) is 24.0. The maximum absolute atomic E-state index is 4.47. The third kappa shape index (κ3) is 1.24. The molecular formula is C9H17N4+. The van der Waals surface area contributed by atoms with Crippen LogP contribution < -0.4 is 4.80 Å². The van der Waals surface area contributed by atoms with Gasteiger partial charge in [-0.1, -0.05) is 13.8 Å². The second-order valence-corrected chi connectivity index (χ2v) is 5.15. The van der Waals surface area contributed by atoms with Crippen molar-refractivity contribution in [1.82, 2.24) is 15.4 Å². The second kappa shape index (κ2) is 2.30. The van der Waals surface area contributed by atoms with Crippen LogP contribution in [0.3, 0.4) is 0 Å². The molecule has 0 radical (unpaired) electrons. The lowest BCUT2D eigenvalue weighted by Crippen LogP contribution is -2.55. The molecular weight excluding hydrogens is 164 g/mol. The van der Waals surface area contributed by atoms with Crippen LogP contribution in [-0.2, 0) is 11.0 Å². The molecule has 0 aromatic carbocycles. The monoisotopic (exact) mass is 181 g/mol. The van der Waals surface area contributed by atoms with Crippen LogP contribution in [0.2, 0.25) is 0 Å². The van der Waals surface area contributed by atoms with Crippen molar-refractivity contribution >= 4 is 0 Å². The summed E-state index contributed by atoms with van der Waals surface area (Å²) < 4.78 is 0. The molecule has 1 aromatic heterocycles. The van der Waals surface area contributed by atoms with Gasteiger partial charge < -0.3 is 0 Å². The Bertz CT molecular complexity index is 294. The summed E-state index contributed by atoms with van der Waals surface area (Å²) in [6.07, 6.45) is 2.27. The largest absolute Gasteiger partial charge is 0.262 e. The number of hydrogen-bond donors (Lipinski definition) is 1. The Balaban J connectivity index is 2.50. The molecule has 0 aliphatic carbocycles. The number of tetrazole rings is 1. The van der Waals surface area contributed by atoms with Crippen molar-refractivity contribution in [3.05, 3.63) is 5.82 Å². The highest BCUT2D eigenvalue weighted by Gasteiger charge is 2.41. The summed E-state index contributed by atoms with van der Waals surface area (Å²) in [6.45, 7) is 8.76. The van der Waals surface area contributed by atoms with Gasteiger partial charge in [0.1, 0.15) is 5.21 Å². The van der Waals surface area contributed by atoms with Crippen molar-refractivity contribution in [1.29, 1.82) is 0 Å². The highest BCUT2D eigenvalue weighted by Crippen LogP contribution is 2.30. The van der Waals surface area contributed by atoms with Crippen LogP contribution in [0.25, 0.3) is 0 Å². The minimum absolute atomic E-state index is 0.0442. The fourth-order valence-electron chi connectivity index (χ4n) is 1.63. The molecule has 4 heteroatoms. The van der Waals surface area contributed by atoms with Gasteiger partial charge in [0.2, 0.25) is 0 Å². The van der Waals surface area contributed by atoms with Crippen molar-refractivity contribution in [2.75, 3.05) is 0 Å². The van der Waals surface area contributed by atoms with E-state index in [1.165, 1.54) is 0 Å². The van der Waals surface area contributed by atoms with Gasteiger partial charge in [-0.25, -0.2) is 0 Å². The van der Waals surface area contributed by atoms with E-state index in [0.717, 1.165) is 18.7 Å². The molecule has 0 atom stereocenters. The third-order valence-electron chi connectivity index (χ3n) is 2.99. The van der Waals surface area contributed by atoms with Crippen LogP contribution in [0.4, 0.5) is 0 Å². The standard InChI is InChI=1S/C9H16N4/c1-8(2)5-6-9(3,4)13-11-7(8)10-12-13/h5-6H2,1-4H3/p+1. The first-order valence-electron chi connectivity index (χ1n) is 4.78. The molecule has 1 aliphatic rings. The molecule has 0 fully saturated rings. The fourth-order valence-corrected chi connectivity index (χ4v) is 1.63. The molecule has 0 saturated carbocycles. The van der Waals surface area contributed by atoms with Gasteiger partial charge in [-0.05, 0) is 36.6 Å². The SMILES string of the molecule is CC1(C)CCC(C)(C)[n+]2n[nH]c1n2. The predicted molar refractivity (Wildman–Crippen MR) is 48.2 cm³/mol. The molecule has 0 spiro atoms. The highest BCUT2D eigenvalue weighted by atomic mass is 15.6. The summed E-state index contributed by atoms with van der Waals surface area (Å²) in [5, 5.41) is 11.7. The first-order valence-corrected chi connectivity index (χ1v) is 4.78. The number of rotatable bonds is 0. The smallest absolute Gasteiger partial charge is 0.128 e. The van der Waals surface area contributed by atoms with E-state index >= 15 is 0 Å². The molecule has 2 heterocycles. The highest BCUT2D eigenvalue weighted by molar-refractivity contribution is 4.99. The van der Waals surface area contributed by atoms with E-state index in [1.807, 2.05) is 0 Å². The van der Waals surface area contributed by atoms with Gasteiger partial charge in [-0.15, -0.1) is 5.10 Å². The van der Waals surface area contributed by atoms with Crippen LogP contribution >= 0.6 is 0 Å². The number of fused-ring (bicyclic) bond motifs is 2. The van der Waals surface area contributed by atoms with Gasteiger partial charge >= 0.3 is 0 Å². The first-order chi connectivity index (χ1) is 5.92. The number of nitrogens with one attached hydrogen (secondary N) is 1. The maximum Gasteiger partial charge on any atom is 0.262 e. The van der Waals surface area contributed by atoms with Crippen LogP contribution in [0.1, 0.15) is 46.4 Å². The minimum Gasteiger partial charge on any atom is -0.128 e. The molecule has 2 rings (SSSR count). The molecule has 2 bridgehead atoms. The molecule has 0 saturated heterocycles. The van der Waals surface area contributed by atoms with Gasteiger partial charge in [-0.2, -0.15) is 0 Å². The predicted octanol–water partition coefficient (Wildman–Crippen LogP) is 0.899. The summed E-state index contributed by atoms with van der Waals surface area (Å²) >= 11 is 0. The Morgan fingerprint density at radius 3 is 2.62 bits per heavy atom. The fraction of sp³-hybridized carbons (Fsp3) is 0.889. The molecule has 1 N–H and O–H groups in total. The second-order valence-electron chi connectivity index (χ2n) is 5.15. The molecule has 1 aliphatic heterocycles. The van der Waals surface area contributed by atoms with Crippen LogP contribution in [0.5, 0.6) is 0 Å². The van der Waals surface area contributed by atoms with Gasteiger partial charge in [0.25, 0.3) is 5.82 Å². The van der Waals surface area contributed by atoms with Crippen molar-refractivity contribution in [3.63, 3.8) is 0 Å². The van der Waals surface area contributed by atoms with Crippen LogP contribution in [-0.4, -0.2) is 15.4 Å². The zero-order valence-corrected chi connectivity index (χ0v) is 8.76. The summed E-state index contributed by atoms with van der Waals surface area (Å²) in [6, 6.07) is 0. The van der Waals surface area contributed by atoms with Gasteiger partial charge in [0.15, 0.2) is 5.54 Å². The quantitative estimate of drug-likeness (QED) is 0.604. The van der Waals surface area contributed by atoms with E-state index in [-0.39, 0.29) is 11.0 Å². The summed E-state index contributed by atoms with van der Waals surface area (Å²) in [4.78, 5) is 1.80. The van der Waals surface area contributed by atoms with E-state index in [1.54, 1.807) is 4.80 Å². The van der Waals surface area contributed by atoms with Crippen molar-refractivity contribution in [3.8, 4) is 0 Å². The summed E-state index contributed by atoms with van der Waals surface area (Å²) in [7, 11) is 0. The van der Waals surface area contributed by atoms with E-state index < -0.39 is 0 Å². The molecule has 0 unspecified atom stereocenters. The first kappa shape index (κ1) is 8.66. The lowest BCUT2D eigenvalue weighted by atomic mass is 9.83. The van der Waals surface area contributed by atoms with Gasteiger partial charge in [0, 0.05) is 0 Å². The maximum atomic E-state index is 4.47.